The Morgan fingerprint density at radius 2 is 2.05 bits per heavy atom. The van der Waals surface area contributed by atoms with Crippen LogP contribution in [-0.2, 0) is 0 Å². The minimum atomic E-state index is -3.01. The molecule has 1 rings (SSSR count). The van der Waals surface area contributed by atoms with Gasteiger partial charge in [-0.2, -0.15) is 8.78 Å². The summed E-state index contributed by atoms with van der Waals surface area (Å²) in [6.45, 7) is 1.23. The first-order valence-corrected chi connectivity index (χ1v) is 6.64. The number of carbonyl (C=O) groups is 1. The molecule has 0 aliphatic carbocycles. The van der Waals surface area contributed by atoms with Gasteiger partial charge in [0.05, 0.1) is 5.56 Å². The number of rotatable bonds is 5. The molecule has 1 aromatic rings. The van der Waals surface area contributed by atoms with Gasteiger partial charge in [0.25, 0.3) is 5.91 Å². The smallest absolute Gasteiger partial charge is 0.387 e. The molecule has 116 valence electrons. The summed E-state index contributed by atoms with van der Waals surface area (Å²) in [7, 11) is 0. The molecule has 1 aromatic carbocycles. The van der Waals surface area contributed by atoms with Crippen LogP contribution in [0.1, 0.15) is 24.2 Å². The predicted molar refractivity (Wildman–Crippen MR) is 78.9 cm³/mol. The zero-order valence-electron chi connectivity index (χ0n) is 11.7. The number of nitrogens with one attached hydrogen (secondary N) is 1. The number of nitrogens with two attached hydrogens (primary N) is 1. The highest BCUT2D eigenvalue weighted by atomic mass is 32.1. The van der Waals surface area contributed by atoms with Crippen LogP contribution in [0.2, 0.25) is 0 Å². The van der Waals surface area contributed by atoms with Gasteiger partial charge in [-0.25, -0.2) is 0 Å². The van der Waals surface area contributed by atoms with E-state index < -0.39 is 12.5 Å². The summed E-state index contributed by atoms with van der Waals surface area (Å²) < 4.78 is 29.0. The Balaban J connectivity index is 2.90. The first-order chi connectivity index (χ1) is 9.81. The molecule has 1 amide bonds. The maximum absolute atomic E-state index is 12.3. The van der Waals surface area contributed by atoms with Crippen LogP contribution in [0.25, 0.3) is 0 Å². The average molecular weight is 317 g/mol. The fourth-order valence-electron chi connectivity index (χ4n) is 1.59. The summed E-state index contributed by atoms with van der Waals surface area (Å²) >= 11 is 4.84. The number of thiocarbonyl (C=S) groups is 1. The van der Waals surface area contributed by atoms with Gasteiger partial charge in [-0.15, -0.1) is 0 Å². The topological polar surface area (TPSA) is 67.6 Å². The SMILES string of the molecule is CC(C)CN(NC(=O)c1ccccc1OC(F)F)C(N)=S. The average Bonchev–Trinajstić information content (AvgIpc) is 2.37. The summed E-state index contributed by atoms with van der Waals surface area (Å²) in [5, 5.41) is 1.28. The highest BCUT2D eigenvalue weighted by molar-refractivity contribution is 7.80. The summed E-state index contributed by atoms with van der Waals surface area (Å²) in [5.74, 6) is -0.642. The Kier molecular flexibility index (Phi) is 6.29. The molecular formula is C13H17F2N3O2S. The highest BCUT2D eigenvalue weighted by Gasteiger charge is 2.18. The first-order valence-electron chi connectivity index (χ1n) is 6.23. The van der Waals surface area contributed by atoms with Gasteiger partial charge in [0.2, 0.25) is 0 Å². The van der Waals surface area contributed by atoms with Crippen LogP contribution < -0.4 is 15.9 Å². The number of hydrogen-bond acceptors (Lipinski definition) is 3. The fraction of sp³-hybridized carbons (Fsp3) is 0.385. The van der Waals surface area contributed by atoms with Crippen LogP contribution in [0.4, 0.5) is 8.78 Å². The normalized spacial score (nSPS) is 10.6. The largest absolute Gasteiger partial charge is 0.434 e. The number of para-hydroxylation sites is 1. The zero-order valence-corrected chi connectivity index (χ0v) is 12.5. The zero-order chi connectivity index (χ0) is 16.0. The predicted octanol–water partition coefficient (Wildman–Crippen LogP) is 2.13. The molecule has 0 aromatic heterocycles. The van der Waals surface area contributed by atoms with Crippen LogP contribution >= 0.6 is 12.2 Å². The summed E-state index contributed by atoms with van der Waals surface area (Å²) in [5.41, 5.74) is 7.98. The van der Waals surface area contributed by atoms with E-state index in [1.54, 1.807) is 6.07 Å². The third-order valence-corrected chi connectivity index (χ3v) is 2.62. The van der Waals surface area contributed by atoms with Crippen molar-refractivity contribution in [2.75, 3.05) is 6.54 Å². The van der Waals surface area contributed by atoms with Gasteiger partial charge in [0.15, 0.2) is 5.11 Å². The van der Waals surface area contributed by atoms with E-state index in [-0.39, 0.29) is 22.3 Å². The molecule has 0 aliphatic heterocycles. The van der Waals surface area contributed by atoms with Crippen molar-refractivity contribution in [1.29, 1.82) is 0 Å². The minimum absolute atomic E-state index is 0.00990. The molecule has 0 fully saturated rings. The lowest BCUT2D eigenvalue weighted by Gasteiger charge is -2.25. The van der Waals surface area contributed by atoms with Gasteiger partial charge in [0, 0.05) is 6.54 Å². The van der Waals surface area contributed by atoms with Crippen LogP contribution in [-0.4, -0.2) is 29.2 Å². The van der Waals surface area contributed by atoms with Crippen molar-refractivity contribution < 1.29 is 18.3 Å². The van der Waals surface area contributed by atoms with Crippen LogP contribution in [0.5, 0.6) is 5.75 Å². The number of hydrazine groups is 1. The van der Waals surface area contributed by atoms with Crippen LogP contribution in [0.3, 0.4) is 0 Å². The van der Waals surface area contributed by atoms with E-state index >= 15 is 0 Å². The summed E-state index contributed by atoms with van der Waals surface area (Å²) in [6.07, 6.45) is 0. The molecule has 0 aliphatic rings. The van der Waals surface area contributed by atoms with E-state index in [4.69, 9.17) is 18.0 Å². The Hall–Kier alpha value is -1.96. The third-order valence-electron chi connectivity index (χ3n) is 2.40. The second-order valence-corrected chi connectivity index (χ2v) is 5.08. The quantitative estimate of drug-likeness (QED) is 0.643. The minimum Gasteiger partial charge on any atom is -0.434 e. The maximum Gasteiger partial charge on any atom is 0.387 e. The monoisotopic (exact) mass is 317 g/mol. The Morgan fingerprint density at radius 1 is 1.43 bits per heavy atom. The van der Waals surface area contributed by atoms with E-state index in [0.29, 0.717) is 6.54 Å². The standard InChI is InChI=1S/C13H17F2N3O2S/c1-8(2)7-18(13(16)21)17-11(19)9-5-3-4-6-10(9)20-12(14)15/h3-6,8,12H,7H2,1-2H3,(H2,16,21)(H,17,19). The number of amides is 1. The van der Waals surface area contributed by atoms with Crippen LogP contribution in [0.15, 0.2) is 24.3 Å². The van der Waals surface area contributed by atoms with Gasteiger partial charge in [-0.05, 0) is 30.3 Å². The van der Waals surface area contributed by atoms with Crippen molar-refractivity contribution in [1.82, 2.24) is 10.4 Å². The van der Waals surface area contributed by atoms with Crippen molar-refractivity contribution in [2.24, 2.45) is 11.7 Å². The molecular weight excluding hydrogens is 300 g/mol. The number of halogens is 2. The molecule has 0 bridgehead atoms. The molecule has 0 spiro atoms. The molecule has 0 saturated carbocycles. The second kappa shape index (κ2) is 7.72. The maximum atomic E-state index is 12.3. The first kappa shape index (κ1) is 17.1. The number of hydrogen-bond donors (Lipinski definition) is 2. The highest BCUT2D eigenvalue weighted by Crippen LogP contribution is 2.20. The molecule has 3 N–H and O–H groups in total. The number of benzene rings is 1. The second-order valence-electron chi connectivity index (χ2n) is 4.66. The van der Waals surface area contributed by atoms with Gasteiger partial charge < -0.3 is 10.5 Å². The lowest BCUT2D eigenvalue weighted by Crippen LogP contribution is -2.50. The van der Waals surface area contributed by atoms with E-state index in [1.807, 2.05) is 13.8 Å². The Morgan fingerprint density at radius 3 is 2.57 bits per heavy atom. The third kappa shape index (κ3) is 5.50. The van der Waals surface area contributed by atoms with Crippen molar-refractivity contribution in [3.63, 3.8) is 0 Å². The lowest BCUT2D eigenvalue weighted by atomic mass is 10.2. The van der Waals surface area contributed by atoms with E-state index in [1.165, 1.54) is 23.2 Å². The van der Waals surface area contributed by atoms with Crippen LogP contribution in [0, 0.1) is 5.92 Å². The number of nitrogens with zero attached hydrogens (tertiary/aromatic N) is 1. The molecule has 0 unspecified atom stereocenters. The van der Waals surface area contributed by atoms with Crippen molar-refractivity contribution in [3.8, 4) is 5.75 Å². The molecule has 0 radical (unpaired) electrons. The van der Waals surface area contributed by atoms with E-state index in [2.05, 4.69) is 10.2 Å². The molecule has 0 atom stereocenters. The van der Waals surface area contributed by atoms with Gasteiger partial charge in [0.1, 0.15) is 5.75 Å². The summed E-state index contributed by atoms with van der Waals surface area (Å²) in [4.78, 5) is 12.2. The summed E-state index contributed by atoms with van der Waals surface area (Å²) in [6, 6.07) is 5.70. The van der Waals surface area contributed by atoms with Crippen molar-refractivity contribution >= 4 is 23.2 Å². The van der Waals surface area contributed by atoms with Gasteiger partial charge in [-0.1, -0.05) is 26.0 Å². The van der Waals surface area contributed by atoms with Crippen molar-refractivity contribution in [3.05, 3.63) is 29.8 Å². The fourth-order valence-corrected chi connectivity index (χ4v) is 1.71. The van der Waals surface area contributed by atoms with E-state index in [9.17, 15) is 13.6 Å². The number of carbonyl (C=O) groups excluding carboxylic acids is 1. The van der Waals surface area contributed by atoms with Gasteiger partial charge >= 0.3 is 6.61 Å². The van der Waals surface area contributed by atoms with Crippen molar-refractivity contribution in [2.45, 2.75) is 20.5 Å². The molecule has 21 heavy (non-hydrogen) atoms. The Labute approximate surface area is 127 Å². The lowest BCUT2D eigenvalue weighted by molar-refractivity contribution is -0.0502. The molecule has 5 nitrogen and oxygen atoms in total. The molecule has 0 saturated heterocycles. The van der Waals surface area contributed by atoms with Gasteiger partial charge in [-0.3, -0.25) is 15.2 Å². The Bertz CT molecular complexity index is 512. The molecule has 0 heterocycles. The number of alkyl halides is 2. The van der Waals surface area contributed by atoms with E-state index in [0.717, 1.165) is 0 Å². The number of ether oxygens (including phenoxy) is 1. The molecule has 8 heteroatoms.